The van der Waals surface area contributed by atoms with E-state index in [-0.39, 0.29) is 17.7 Å². The summed E-state index contributed by atoms with van der Waals surface area (Å²) in [6.45, 7) is 9.60. The molecule has 1 fully saturated rings. The summed E-state index contributed by atoms with van der Waals surface area (Å²) in [4.78, 5) is 26.2. The second-order valence-electron chi connectivity index (χ2n) is 6.79. The fraction of sp³-hybridized carbons (Fsp3) is 0.556. The molecule has 0 aromatic heterocycles. The van der Waals surface area contributed by atoms with E-state index in [0.29, 0.717) is 18.9 Å². The topological polar surface area (TPSA) is 49.4 Å². The maximum atomic E-state index is 12.4. The van der Waals surface area contributed by atoms with Crippen LogP contribution in [-0.4, -0.2) is 29.8 Å². The Bertz CT molecular complexity index is 546. The van der Waals surface area contributed by atoms with E-state index in [1.807, 2.05) is 30.9 Å². The molecule has 1 aromatic carbocycles. The number of amides is 2. The molecular weight excluding hydrogens is 276 g/mol. The second-order valence-corrected chi connectivity index (χ2v) is 6.79. The first-order valence-electron chi connectivity index (χ1n) is 8.02. The van der Waals surface area contributed by atoms with Crippen LogP contribution < -0.4 is 5.32 Å². The first kappa shape index (κ1) is 16.5. The minimum absolute atomic E-state index is 0.0506. The van der Waals surface area contributed by atoms with E-state index in [0.717, 1.165) is 29.8 Å². The molecule has 0 unspecified atom stereocenters. The molecule has 1 aliphatic heterocycles. The van der Waals surface area contributed by atoms with Crippen LogP contribution >= 0.6 is 0 Å². The number of carbonyl (C=O) groups is 2. The van der Waals surface area contributed by atoms with Crippen molar-refractivity contribution in [3.63, 3.8) is 0 Å². The van der Waals surface area contributed by atoms with Crippen molar-refractivity contribution < 1.29 is 9.59 Å². The van der Waals surface area contributed by atoms with Crippen molar-refractivity contribution in [1.82, 2.24) is 4.90 Å². The summed E-state index contributed by atoms with van der Waals surface area (Å²) in [6.07, 6.45) is 1.31. The lowest BCUT2D eigenvalue weighted by Gasteiger charge is -2.17. The van der Waals surface area contributed by atoms with Gasteiger partial charge in [0.2, 0.25) is 11.8 Å². The third-order valence-corrected chi connectivity index (χ3v) is 4.05. The molecule has 0 aliphatic carbocycles. The standard InChI is InChI=1S/C18H26N2O2/c1-12(2)5-6-20-11-15(10-17(20)21)18(22)19-16-8-13(3)7-14(4)9-16/h7-9,12,15H,5-6,10-11H2,1-4H3,(H,19,22)/t15-/m1/s1. The molecule has 1 N–H and O–H groups in total. The molecule has 22 heavy (non-hydrogen) atoms. The van der Waals surface area contributed by atoms with Gasteiger partial charge in [-0.2, -0.15) is 0 Å². The Morgan fingerprint density at radius 3 is 2.50 bits per heavy atom. The number of hydrogen-bond acceptors (Lipinski definition) is 2. The summed E-state index contributed by atoms with van der Waals surface area (Å²) < 4.78 is 0. The Balaban J connectivity index is 1.94. The molecule has 0 radical (unpaired) electrons. The lowest BCUT2D eigenvalue weighted by atomic mass is 10.1. The fourth-order valence-electron chi connectivity index (χ4n) is 2.87. The van der Waals surface area contributed by atoms with Crippen molar-refractivity contribution in [3.8, 4) is 0 Å². The number of nitrogens with one attached hydrogen (secondary N) is 1. The summed E-state index contributed by atoms with van der Waals surface area (Å²) in [7, 11) is 0. The highest BCUT2D eigenvalue weighted by Gasteiger charge is 2.34. The molecule has 0 saturated carbocycles. The van der Waals surface area contributed by atoms with E-state index in [9.17, 15) is 9.59 Å². The fourth-order valence-corrected chi connectivity index (χ4v) is 2.87. The van der Waals surface area contributed by atoms with Crippen LogP contribution in [0.4, 0.5) is 5.69 Å². The quantitative estimate of drug-likeness (QED) is 0.908. The Morgan fingerprint density at radius 1 is 1.27 bits per heavy atom. The van der Waals surface area contributed by atoms with Crippen LogP contribution in [0.15, 0.2) is 18.2 Å². The van der Waals surface area contributed by atoms with Crippen molar-refractivity contribution in [1.29, 1.82) is 0 Å². The van der Waals surface area contributed by atoms with Gasteiger partial charge >= 0.3 is 0 Å². The van der Waals surface area contributed by atoms with Gasteiger partial charge in [0, 0.05) is 25.2 Å². The lowest BCUT2D eigenvalue weighted by Crippen LogP contribution is -2.29. The first-order chi connectivity index (χ1) is 10.3. The van der Waals surface area contributed by atoms with Gasteiger partial charge in [0.1, 0.15) is 0 Å². The van der Waals surface area contributed by atoms with Crippen molar-refractivity contribution >= 4 is 17.5 Å². The minimum Gasteiger partial charge on any atom is -0.342 e. The second kappa shape index (κ2) is 6.95. The number of nitrogens with zero attached hydrogens (tertiary/aromatic N) is 1. The van der Waals surface area contributed by atoms with Crippen molar-refractivity contribution in [2.24, 2.45) is 11.8 Å². The maximum absolute atomic E-state index is 12.4. The number of benzene rings is 1. The summed E-state index contributed by atoms with van der Waals surface area (Å²) in [5, 5.41) is 2.95. The van der Waals surface area contributed by atoms with Crippen LogP contribution in [0, 0.1) is 25.7 Å². The minimum atomic E-state index is -0.236. The van der Waals surface area contributed by atoms with Gasteiger partial charge in [-0.3, -0.25) is 9.59 Å². The third kappa shape index (κ3) is 4.33. The number of rotatable bonds is 5. The van der Waals surface area contributed by atoms with Crippen LogP contribution in [0.5, 0.6) is 0 Å². The molecule has 0 spiro atoms. The van der Waals surface area contributed by atoms with E-state index < -0.39 is 0 Å². The predicted molar refractivity (Wildman–Crippen MR) is 88.7 cm³/mol. The van der Waals surface area contributed by atoms with Crippen molar-refractivity contribution in [3.05, 3.63) is 29.3 Å². The van der Waals surface area contributed by atoms with Gasteiger partial charge in [-0.1, -0.05) is 19.9 Å². The Labute approximate surface area is 132 Å². The third-order valence-electron chi connectivity index (χ3n) is 4.05. The highest BCUT2D eigenvalue weighted by Crippen LogP contribution is 2.22. The number of carbonyl (C=O) groups excluding carboxylic acids is 2. The highest BCUT2D eigenvalue weighted by atomic mass is 16.2. The van der Waals surface area contributed by atoms with Gasteiger partial charge in [-0.05, 0) is 49.4 Å². The molecule has 2 amide bonds. The zero-order valence-electron chi connectivity index (χ0n) is 14.0. The SMILES string of the molecule is Cc1cc(C)cc(NC(=O)[C@@H]2CC(=O)N(CCC(C)C)C2)c1. The Hall–Kier alpha value is -1.84. The van der Waals surface area contributed by atoms with Crippen molar-refractivity contribution in [2.75, 3.05) is 18.4 Å². The van der Waals surface area contributed by atoms with Gasteiger partial charge < -0.3 is 10.2 Å². The van der Waals surface area contributed by atoms with Gasteiger partial charge in [0.15, 0.2) is 0 Å². The van der Waals surface area contributed by atoms with Gasteiger partial charge in [-0.25, -0.2) is 0 Å². The molecule has 2 rings (SSSR count). The molecule has 4 nitrogen and oxygen atoms in total. The highest BCUT2D eigenvalue weighted by molar-refractivity contribution is 5.97. The maximum Gasteiger partial charge on any atom is 0.229 e. The number of hydrogen-bond donors (Lipinski definition) is 1. The molecule has 0 bridgehead atoms. The molecule has 4 heteroatoms. The summed E-state index contributed by atoms with van der Waals surface area (Å²) in [5.41, 5.74) is 3.06. The zero-order chi connectivity index (χ0) is 16.3. The lowest BCUT2D eigenvalue weighted by molar-refractivity contribution is -0.128. The van der Waals surface area contributed by atoms with Crippen LogP contribution in [0.2, 0.25) is 0 Å². The Kier molecular flexibility index (Phi) is 5.22. The van der Waals surface area contributed by atoms with Crippen LogP contribution in [0.1, 0.15) is 37.8 Å². The first-order valence-corrected chi connectivity index (χ1v) is 8.02. The average molecular weight is 302 g/mol. The average Bonchev–Trinajstić information content (AvgIpc) is 2.76. The molecule has 1 aliphatic rings. The van der Waals surface area contributed by atoms with Crippen LogP contribution in [0.25, 0.3) is 0 Å². The summed E-state index contributed by atoms with van der Waals surface area (Å²) in [6, 6.07) is 5.98. The van der Waals surface area contributed by atoms with Gasteiger partial charge in [0.25, 0.3) is 0 Å². The molecule has 1 saturated heterocycles. The molecule has 1 atom stereocenters. The predicted octanol–water partition coefficient (Wildman–Crippen LogP) is 3.14. The largest absolute Gasteiger partial charge is 0.342 e. The van der Waals surface area contributed by atoms with Crippen LogP contribution in [0.3, 0.4) is 0 Å². The zero-order valence-corrected chi connectivity index (χ0v) is 14.0. The number of aryl methyl sites for hydroxylation is 2. The van der Waals surface area contributed by atoms with E-state index in [4.69, 9.17) is 0 Å². The summed E-state index contributed by atoms with van der Waals surface area (Å²) in [5.74, 6) is 0.378. The van der Waals surface area contributed by atoms with Crippen molar-refractivity contribution in [2.45, 2.75) is 40.5 Å². The van der Waals surface area contributed by atoms with Gasteiger partial charge in [0.05, 0.1) is 5.92 Å². The monoisotopic (exact) mass is 302 g/mol. The normalized spacial score (nSPS) is 18.1. The van der Waals surface area contributed by atoms with E-state index in [2.05, 4.69) is 25.2 Å². The van der Waals surface area contributed by atoms with E-state index >= 15 is 0 Å². The molecular formula is C18H26N2O2. The van der Waals surface area contributed by atoms with E-state index in [1.165, 1.54) is 0 Å². The molecule has 120 valence electrons. The number of anilines is 1. The summed E-state index contributed by atoms with van der Waals surface area (Å²) >= 11 is 0. The Morgan fingerprint density at radius 2 is 1.91 bits per heavy atom. The van der Waals surface area contributed by atoms with Gasteiger partial charge in [-0.15, -0.1) is 0 Å². The van der Waals surface area contributed by atoms with Crippen LogP contribution in [-0.2, 0) is 9.59 Å². The smallest absolute Gasteiger partial charge is 0.229 e. The molecule has 1 aromatic rings. The number of likely N-dealkylation sites (tertiary alicyclic amines) is 1. The molecule has 1 heterocycles. The van der Waals surface area contributed by atoms with E-state index in [1.54, 1.807) is 0 Å².